The first kappa shape index (κ1) is 33.7. The molecular formula is C35H37ClFN3O4S. The minimum absolute atomic E-state index is 0.0202. The van der Waals surface area contributed by atoms with Gasteiger partial charge in [0.25, 0.3) is 10.0 Å². The molecule has 0 saturated heterocycles. The standard InChI is InChI=1S/C35H37ClFN3O4S/c1-4-26(3)38-35(42)33(21-27-13-7-5-8-14-27)39(23-28-15-11-12-18-31(28)37)34(41)24-40(32-22-29(36)20-19-25(32)2)45(43,44)30-16-9-6-10-17-30/h5-20,22,26,33H,4,21,23-24H2,1-3H3,(H,38,42)/t26-,33+/m0/s1. The average Bonchev–Trinajstić information content (AvgIpc) is 3.04. The number of carbonyl (C=O) groups excluding carboxylic acids is 2. The Labute approximate surface area is 269 Å². The number of nitrogens with one attached hydrogen (secondary N) is 1. The number of rotatable bonds is 13. The van der Waals surface area contributed by atoms with Gasteiger partial charge in [-0.1, -0.05) is 91.3 Å². The predicted molar refractivity (Wildman–Crippen MR) is 176 cm³/mol. The first-order valence-electron chi connectivity index (χ1n) is 14.7. The van der Waals surface area contributed by atoms with Gasteiger partial charge in [0.05, 0.1) is 10.6 Å². The molecule has 1 N–H and O–H groups in total. The van der Waals surface area contributed by atoms with Crippen LogP contribution in [0.4, 0.5) is 10.1 Å². The van der Waals surface area contributed by atoms with Gasteiger partial charge in [-0.05, 0) is 61.7 Å². The highest BCUT2D eigenvalue weighted by Gasteiger charge is 2.35. The van der Waals surface area contributed by atoms with Crippen molar-refractivity contribution in [2.45, 2.75) is 57.1 Å². The molecule has 2 atom stereocenters. The third-order valence-corrected chi connectivity index (χ3v) is 9.63. The van der Waals surface area contributed by atoms with Crippen LogP contribution >= 0.6 is 11.6 Å². The Morgan fingerprint density at radius 3 is 2.18 bits per heavy atom. The van der Waals surface area contributed by atoms with E-state index in [0.29, 0.717) is 12.0 Å². The second-order valence-corrected chi connectivity index (χ2v) is 13.2. The molecule has 7 nitrogen and oxygen atoms in total. The number of hydrogen-bond donors (Lipinski definition) is 1. The Kier molecular flexibility index (Phi) is 11.4. The highest BCUT2D eigenvalue weighted by molar-refractivity contribution is 7.92. The van der Waals surface area contributed by atoms with Crippen LogP contribution in [-0.4, -0.2) is 43.8 Å². The van der Waals surface area contributed by atoms with E-state index in [-0.39, 0.29) is 40.2 Å². The van der Waals surface area contributed by atoms with Gasteiger partial charge in [-0.15, -0.1) is 0 Å². The lowest BCUT2D eigenvalue weighted by atomic mass is 10.0. The maximum Gasteiger partial charge on any atom is 0.264 e. The molecule has 45 heavy (non-hydrogen) atoms. The van der Waals surface area contributed by atoms with Crippen LogP contribution in [0.1, 0.15) is 37.0 Å². The molecule has 0 saturated carbocycles. The summed E-state index contributed by atoms with van der Waals surface area (Å²) in [5.74, 6) is -1.65. The molecule has 0 aliphatic carbocycles. The number of amides is 2. The average molecular weight is 650 g/mol. The molecule has 0 aliphatic heterocycles. The molecule has 236 valence electrons. The molecule has 0 aromatic heterocycles. The monoisotopic (exact) mass is 649 g/mol. The number of anilines is 1. The smallest absolute Gasteiger partial charge is 0.264 e. The van der Waals surface area contributed by atoms with Gasteiger partial charge in [0.1, 0.15) is 18.4 Å². The summed E-state index contributed by atoms with van der Waals surface area (Å²) in [6.07, 6.45) is 0.785. The Morgan fingerprint density at radius 1 is 0.911 bits per heavy atom. The van der Waals surface area contributed by atoms with E-state index in [4.69, 9.17) is 11.6 Å². The zero-order valence-corrected chi connectivity index (χ0v) is 27.1. The van der Waals surface area contributed by atoms with E-state index in [1.54, 1.807) is 49.4 Å². The maximum atomic E-state index is 15.0. The van der Waals surface area contributed by atoms with Crippen molar-refractivity contribution in [2.24, 2.45) is 0 Å². The van der Waals surface area contributed by atoms with Gasteiger partial charge in [0.2, 0.25) is 11.8 Å². The lowest BCUT2D eigenvalue weighted by molar-refractivity contribution is -0.140. The third-order valence-electron chi connectivity index (χ3n) is 7.62. The Bertz CT molecular complexity index is 1720. The second kappa shape index (κ2) is 15.2. The van der Waals surface area contributed by atoms with Crippen molar-refractivity contribution in [3.05, 3.63) is 131 Å². The minimum Gasteiger partial charge on any atom is -0.352 e. The van der Waals surface area contributed by atoms with Crippen molar-refractivity contribution in [2.75, 3.05) is 10.8 Å². The number of benzene rings is 4. The second-order valence-electron chi connectivity index (χ2n) is 10.9. The maximum absolute atomic E-state index is 15.0. The minimum atomic E-state index is -4.28. The van der Waals surface area contributed by atoms with Crippen LogP contribution < -0.4 is 9.62 Å². The first-order chi connectivity index (χ1) is 21.5. The Balaban J connectivity index is 1.84. The molecule has 4 aromatic rings. The van der Waals surface area contributed by atoms with Crippen LogP contribution in [0.15, 0.2) is 108 Å². The van der Waals surface area contributed by atoms with Crippen molar-refractivity contribution in [1.82, 2.24) is 10.2 Å². The Hall–Kier alpha value is -4.21. The SMILES string of the molecule is CC[C@H](C)NC(=O)[C@@H](Cc1ccccc1)N(Cc1ccccc1F)C(=O)CN(c1cc(Cl)ccc1C)S(=O)(=O)c1ccccc1. The number of carbonyl (C=O) groups is 2. The molecule has 0 radical (unpaired) electrons. The number of halogens is 2. The van der Waals surface area contributed by atoms with Gasteiger partial charge in [0, 0.05) is 29.6 Å². The van der Waals surface area contributed by atoms with Gasteiger partial charge in [-0.3, -0.25) is 13.9 Å². The lowest BCUT2D eigenvalue weighted by Crippen LogP contribution is -2.54. The summed E-state index contributed by atoms with van der Waals surface area (Å²) >= 11 is 6.31. The summed E-state index contributed by atoms with van der Waals surface area (Å²) in [5, 5.41) is 3.25. The van der Waals surface area contributed by atoms with E-state index >= 15 is 4.39 Å². The molecule has 0 bridgehead atoms. The number of sulfonamides is 1. The summed E-state index contributed by atoms with van der Waals surface area (Å²) in [5.41, 5.74) is 1.76. The molecule has 0 fully saturated rings. The van der Waals surface area contributed by atoms with E-state index < -0.39 is 40.2 Å². The predicted octanol–water partition coefficient (Wildman–Crippen LogP) is 6.54. The lowest BCUT2D eigenvalue weighted by Gasteiger charge is -2.34. The van der Waals surface area contributed by atoms with Crippen molar-refractivity contribution in [3.63, 3.8) is 0 Å². The van der Waals surface area contributed by atoms with Gasteiger partial charge in [-0.25, -0.2) is 12.8 Å². The summed E-state index contributed by atoms with van der Waals surface area (Å²) in [6, 6.07) is 26.5. The molecule has 0 spiro atoms. The fraction of sp³-hybridized carbons (Fsp3) is 0.257. The van der Waals surface area contributed by atoms with E-state index in [1.165, 1.54) is 35.2 Å². The van der Waals surface area contributed by atoms with Crippen molar-refractivity contribution >= 4 is 39.1 Å². The third kappa shape index (κ3) is 8.49. The first-order valence-corrected chi connectivity index (χ1v) is 16.5. The summed E-state index contributed by atoms with van der Waals surface area (Å²) in [4.78, 5) is 29.6. The van der Waals surface area contributed by atoms with Crippen molar-refractivity contribution < 1.29 is 22.4 Å². The van der Waals surface area contributed by atoms with E-state index in [0.717, 1.165) is 9.87 Å². The van der Waals surface area contributed by atoms with Gasteiger partial charge in [-0.2, -0.15) is 0 Å². The number of nitrogens with zero attached hydrogens (tertiary/aromatic N) is 2. The van der Waals surface area contributed by atoms with Gasteiger partial charge in [0.15, 0.2) is 0 Å². The summed E-state index contributed by atoms with van der Waals surface area (Å²) in [6.45, 7) is 4.59. The quantitative estimate of drug-likeness (QED) is 0.178. The molecule has 2 amide bonds. The Morgan fingerprint density at radius 2 is 1.53 bits per heavy atom. The molecule has 4 aromatic carbocycles. The zero-order chi connectivity index (χ0) is 32.6. The van der Waals surface area contributed by atoms with Crippen LogP contribution in [0.2, 0.25) is 5.02 Å². The van der Waals surface area contributed by atoms with Crippen LogP contribution in [0.5, 0.6) is 0 Å². The summed E-state index contributed by atoms with van der Waals surface area (Å²) < 4.78 is 44.3. The van der Waals surface area contributed by atoms with Gasteiger partial charge < -0.3 is 10.2 Å². The molecule has 10 heteroatoms. The molecule has 0 unspecified atom stereocenters. The van der Waals surface area contributed by atoms with Crippen LogP contribution in [0, 0.1) is 12.7 Å². The highest BCUT2D eigenvalue weighted by Crippen LogP contribution is 2.30. The van der Waals surface area contributed by atoms with E-state index in [9.17, 15) is 18.0 Å². The van der Waals surface area contributed by atoms with E-state index in [2.05, 4.69) is 5.32 Å². The fourth-order valence-corrected chi connectivity index (χ4v) is 6.55. The fourth-order valence-electron chi connectivity index (χ4n) is 4.89. The molecule has 0 heterocycles. The van der Waals surface area contributed by atoms with Crippen LogP contribution in [0.25, 0.3) is 0 Å². The zero-order valence-electron chi connectivity index (χ0n) is 25.5. The van der Waals surface area contributed by atoms with Crippen LogP contribution in [-0.2, 0) is 32.6 Å². The van der Waals surface area contributed by atoms with E-state index in [1.807, 2.05) is 44.2 Å². The molecule has 0 aliphatic rings. The molecular weight excluding hydrogens is 613 g/mol. The topological polar surface area (TPSA) is 86.8 Å². The van der Waals surface area contributed by atoms with Crippen LogP contribution in [0.3, 0.4) is 0 Å². The number of aryl methyl sites for hydroxylation is 1. The molecule has 4 rings (SSSR count). The number of hydrogen-bond acceptors (Lipinski definition) is 4. The van der Waals surface area contributed by atoms with Gasteiger partial charge >= 0.3 is 0 Å². The summed E-state index contributed by atoms with van der Waals surface area (Å²) in [7, 11) is -4.28. The van der Waals surface area contributed by atoms with Crippen molar-refractivity contribution in [3.8, 4) is 0 Å². The van der Waals surface area contributed by atoms with Crippen molar-refractivity contribution in [1.29, 1.82) is 0 Å². The highest BCUT2D eigenvalue weighted by atomic mass is 35.5. The largest absolute Gasteiger partial charge is 0.352 e. The normalized spacial score (nSPS) is 12.6.